The average molecular weight is 195 g/mol. The number of hydrogen-bond donors (Lipinski definition) is 0. The van der Waals surface area contributed by atoms with Gasteiger partial charge in [-0.3, -0.25) is 0 Å². The molecule has 0 N–H and O–H groups in total. The molecule has 0 aliphatic carbocycles. The van der Waals surface area contributed by atoms with Crippen LogP contribution in [0.25, 0.3) is 10.4 Å². The summed E-state index contributed by atoms with van der Waals surface area (Å²) in [7, 11) is 0. The van der Waals surface area contributed by atoms with E-state index in [4.69, 9.17) is 5.53 Å². The molecule has 0 aromatic carbocycles. The van der Waals surface area contributed by atoms with Crippen molar-refractivity contribution in [2.45, 2.75) is 51.9 Å². The fourth-order valence-corrected chi connectivity index (χ4v) is 1.32. The second-order valence-electron chi connectivity index (χ2n) is 3.44. The number of unbranched alkanes of at least 4 members (excludes halogenated alkanes) is 6. The maximum Gasteiger partial charge on any atom is 0.0440 e. The van der Waals surface area contributed by atoms with Gasteiger partial charge in [-0.25, -0.2) is 0 Å². The molecule has 3 nitrogen and oxygen atoms in total. The molecule has 0 bridgehead atoms. The molecule has 0 aliphatic rings. The lowest BCUT2D eigenvalue weighted by Gasteiger charge is -1.97. The Hall–Kier alpha value is -0.950. The lowest BCUT2D eigenvalue weighted by molar-refractivity contribution is 0.611. The summed E-state index contributed by atoms with van der Waals surface area (Å²) in [6, 6.07) is 0. The van der Waals surface area contributed by atoms with E-state index in [0.717, 1.165) is 6.42 Å². The second-order valence-corrected chi connectivity index (χ2v) is 3.44. The van der Waals surface area contributed by atoms with Gasteiger partial charge in [-0.1, -0.05) is 56.3 Å². The van der Waals surface area contributed by atoms with Gasteiger partial charge >= 0.3 is 0 Å². The van der Waals surface area contributed by atoms with E-state index in [-0.39, 0.29) is 0 Å². The van der Waals surface area contributed by atoms with Crippen molar-refractivity contribution in [1.82, 2.24) is 0 Å². The fraction of sp³-hybridized carbons (Fsp3) is 0.818. The molecule has 0 amide bonds. The molecule has 80 valence electrons. The molecule has 3 heteroatoms. The fourth-order valence-electron chi connectivity index (χ4n) is 1.32. The van der Waals surface area contributed by atoms with Crippen LogP contribution >= 0.6 is 0 Å². The Bertz CT molecular complexity index is 181. The van der Waals surface area contributed by atoms with Crippen LogP contribution in [0.2, 0.25) is 0 Å². The zero-order chi connectivity index (χ0) is 10.5. The quantitative estimate of drug-likeness (QED) is 0.170. The van der Waals surface area contributed by atoms with Crippen molar-refractivity contribution in [3.05, 3.63) is 22.6 Å². The average Bonchev–Trinajstić information content (AvgIpc) is 2.21. The SMILES string of the molecule is CCCCCCCC/C=C/CN=[N+]=[N-]. The topological polar surface area (TPSA) is 48.8 Å². The lowest BCUT2D eigenvalue weighted by Crippen LogP contribution is -1.77. The van der Waals surface area contributed by atoms with Crippen molar-refractivity contribution in [3.63, 3.8) is 0 Å². The van der Waals surface area contributed by atoms with Gasteiger partial charge in [0.2, 0.25) is 0 Å². The monoisotopic (exact) mass is 195 g/mol. The molecule has 0 aromatic rings. The Morgan fingerprint density at radius 1 is 1.07 bits per heavy atom. The van der Waals surface area contributed by atoms with Gasteiger partial charge in [-0.15, -0.1) is 0 Å². The maximum atomic E-state index is 8.01. The number of allylic oxidation sites excluding steroid dienone is 1. The van der Waals surface area contributed by atoms with Crippen LogP contribution in [0.4, 0.5) is 0 Å². The third kappa shape index (κ3) is 11.1. The molecule has 0 unspecified atom stereocenters. The van der Waals surface area contributed by atoms with Crippen molar-refractivity contribution < 1.29 is 0 Å². The lowest BCUT2D eigenvalue weighted by atomic mass is 10.1. The highest BCUT2D eigenvalue weighted by Gasteiger charge is 1.87. The summed E-state index contributed by atoms with van der Waals surface area (Å²) < 4.78 is 0. The van der Waals surface area contributed by atoms with Gasteiger partial charge in [0.1, 0.15) is 0 Å². The molecule has 0 fully saturated rings. The van der Waals surface area contributed by atoms with E-state index in [0.29, 0.717) is 6.54 Å². The van der Waals surface area contributed by atoms with Crippen LogP contribution in [0.15, 0.2) is 17.3 Å². The minimum atomic E-state index is 0.492. The van der Waals surface area contributed by atoms with Crippen LogP contribution in [0, 0.1) is 0 Å². The van der Waals surface area contributed by atoms with Crippen molar-refractivity contribution in [1.29, 1.82) is 0 Å². The molecule has 0 spiro atoms. The van der Waals surface area contributed by atoms with Crippen LogP contribution in [-0.2, 0) is 0 Å². The molecule has 0 rings (SSSR count). The van der Waals surface area contributed by atoms with Gasteiger partial charge in [-0.05, 0) is 18.4 Å². The Morgan fingerprint density at radius 2 is 1.79 bits per heavy atom. The molecule has 0 heterocycles. The van der Waals surface area contributed by atoms with Crippen molar-refractivity contribution in [2.24, 2.45) is 5.11 Å². The number of rotatable bonds is 9. The van der Waals surface area contributed by atoms with Gasteiger partial charge in [0, 0.05) is 11.5 Å². The molecular weight excluding hydrogens is 174 g/mol. The normalized spacial score (nSPS) is 10.4. The minimum absolute atomic E-state index is 0.492. The van der Waals surface area contributed by atoms with Gasteiger partial charge in [0.05, 0.1) is 0 Å². The number of hydrogen-bond acceptors (Lipinski definition) is 1. The van der Waals surface area contributed by atoms with E-state index in [2.05, 4.69) is 23.0 Å². The van der Waals surface area contributed by atoms with Crippen molar-refractivity contribution >= 4 is 0 Å². The van der Waals surface area contributed by atoms with E-state index in [1.807, 2.05) is 6.08 Å². The molecule has 0 aromatic heterocycles. The molecular formula is C11H21N3. The third-order valence-electron chi connectivity index (χ3n) is 2.14. The summed E-state index contributed by atoms with van der Waals surface area (Å²) in [5.74, 6) is 0. The molecule has 0 radical (unpaired) electrons. The summed E-state index contributed by atoms with van der Waals surface area (Å²) in [4.78, 5) is 2.68. The highest BCUT2D eigenvalue weighted by molar-refractivity contribution is 4.83. The molecule has 0 saturated carbocycles. The van der Waals surface area contributed by atoms with Crippen LogP contribution < -0.4 is 0 Å². The Morgan fingerprint density at radius 3 is 2.50 bits per heavy atom. The van der Waals surface area contributed by atoms with E-state index >= 15 is 0 Å². The predicted molar refractivity (Wildman–Crippen MR) is 61.1 cm³/mol. The summed E-state index contributed by atoms with van der Waals surface area (Å²) in [5.41, 5.74) is 8.01. The number of nitrogens with zero attached hydrogens (tertiary/aromatic N) is 3. The first-order valence-corrected chi connectivity index (χ1v) is 5.57. The second kappa shape index (κ2) is 12.0. The van der Waals surface area contributed by atoms with Crippen LogP contribution in [0.3, 0.4) is 0 Å². The van der Waals surface area contributed by atoms with E-state index in [9.17, 15) is 0 Å². The first-order valence-electron chi connectivity index (χ1n) is 5.57. The maximum absolute atomic E-state index is 8.01. The van der Waals surface area contributed by atoms with Gasteiger partial charge in [0.15, 0.2) is 0 Å². The van der Waals surface area contributed by atoms with E-state index in [1.54, 1.807) is 0 Å². The van der Waals surface area contributed by atoms with Crippen LogP contribution in [-0.4, -0.2) is 6.54 Å². The van der Waals surface area contributed by atoms with Crippen LogP contribution in [0.1, 0.15) is 51.9 Å². The molecule has 0 saturated heterocycles. The summed E-state index contributed by atoms with van der Waals surface area (Å²) in [5, 5.41) is 3.42. The van der Waals surface area contributed by atoms with E-state index in [1.165, 1.54) is 38.5 Å². The van der Waals surface area contributed by atoms with Gasteiger partial charge in [-0.2, -0.15) is 0 Å². The standard InChI is InChI=1S/C11H21N3/c1-2-3-4-5-6-7-8-9-10-11-13-14-12/h9-10H,2-8,11H2,1H3/b10-9+. The molecule has 0 atom stereocenters. The third-order valence-corrected chi connectivity index (χ3v) is 2.14. The minimum Gasteiger partial charge on any atom is -0.0899 e. The van der Waals surface area contributed by atoms with Crippen molar-refractivity contribution in [2.75, 3.05) is 6.54 Å². The number of azide groups is 1. The molecule has 0 aliphatic heterocycles. The Kier molecular flexibility index (Phi) is 11.2. The van der Waals surface area contributed by atoms with Gasteiger partial charge in [0.25, 0.3) is 0 Å². The van der Waals surface area contributed by atoms with Crippen molar-refractivity contribution in [3.8, 4) is 0 Å². The van der Waals surface area contributed by atoms with Gasteiger partial charge < -0.3 is 0 Å². The zero-order valence-corrected chi connectivity index (χ0v) is 9.15. The first-order chi connectivity index (χ1) is 6.91. The largest absolute Gasteiger partial charge is 0.0899 e. The predicted octanol–water partition coefficient (Wildman–Crippen LogP) is 4.60. The highest BCUT2D eigenvalue weighted by Crippen LogP contribution is 2.06. The Labute approximate surface area is 86.8 Å². The molecule has 14 heavy (non-hydrogen) atoms. The Balaban J connectivity index is 3.05. The zero-order valence-electron chi connectivity index (χ0n) is 9.15. The summed E-state index contributed by atoms with van der Waals surface area (Å²) >= 11 is 0. The highest BCUT2D eigenvalue weighted by atomic mass is 15.1. The summed E-state index contributed by atoms with van der Waals surface area (Å²) in [6.07, 6.45) is 13.2. The summed E-state index contributed by atoms with van der Waals surface area (Å²) in [6.45, 7) is 2.73. The van der Waals surface area contributed by atoms with Crippen LogP contribution in [0.5, 0.6) is 0 Å². The first kappa shape index (κ1) is 13.1. The van der Waals surface area contributed by atoms with E-state index < -0.39 is 0 Å². The smallest absolute Gasteiger partial charge is 0.0440 e.